The number of carbonyl (C=O) groups is 2. The van der Waals surface area contributed by atoms with Crippen LogP contribution in [0.2, 0.25) is 5.02 Å². The van der Waals surface area contributed by atoms with E-state index in [4.69, 9.17) is 31.2 Å². The van der Waals surface area contributed by atoms with Gasteiger partial charge in [0, 0.05) is 46.5 Å². The van der Waals surface area contributed by atoms with Gasteiger partial charge in [0.25, 0.3) is 0 Å². The number of aliphatic carboxylic acids is 1. The molecule has 2 bridgehead atoms. The van der Waals surface area contributed by atoms with Gasteiger partial charge >= 0.3 is 11.9 Å². The van der Waals surface area contributed by atoms with Crippen LogP contribution in [0.1, 0.15) is 48.7 Å². The van der Waals surface area contributed by atoms with Crippen molar-refractivity contribution in [3.8, 4) is 0 Å². The molecule has 2 aromatic rings. The molecular weight excluding hydrogens is 535 g/mol. The van der Waals surface area contributed by atoms with Gasteiger partial charge in [-0.2, -0.15) is 0 Å². The van der Waals surface area contributed by atoms with Gasteiger partial charge in [-0.3, -0.25) is 9.89 Å². The van der Waals surface area contributed by atoms with Crippen LogP contribution in [-0.4, -0.2) is 71.2 Å². The van der Waals surface area contributed by atoms with Gasteiger partial charge in [0.1, 0.15) is 18.5 Å². The van der Waals surface area contributed by atoms with E-state index < -0.39 is 23.8 Å². The number of carboxylic acid groups (broad SMARTS) is 1. The molecule has 1 aromatic heterocycles. The number of nitrogens with zero attached hydrogens (tertiary/aromatic N) is 3. The average molecular weight is 563 g/mol. The van der Waals surface area contributed by atoms with Crippen molar-refractivity contribution in [3.05, 3.63) is 62.5 Å². The molecule has 4 heterocycles. The van der Waals surface area contributed by atoms with E-state index in [1.54, 1.807) is 6.20 Å². The van der Waals surface area contributed by atoms with Crippen molar-refractivity contribution in [2.24, 2.45) is 4.99 Å². The number of hydrogen-bond donors (Lipinski definition) is 2. The zero-order valence-electron chi connectivity index (χ0n) is 20.7. The maximum absolute atomic E-state index is 13.9. The van der Waals surface area contributed by atoms with Crippen molar-refractivity contribution in [2.45, 2.75) is 56.3 Å². The lowest BCUT2D eigenvalue weighted by Crippen LogP contribution is -2.55. The monoisotopic (exact) mass is 562 g/mol. The molecule has 0 spiro atoms. The number of ether oxygens (including phenoxy) is 2. The smallest absolute Gasteiger partial charge is 0.338 e. The number of thiazole rings is 1. The van der Waals surface area contributed by atoms with E-state index in [2.05, 4.69) is 15.2 Å². The van der Waals surface area contributed by atoms with Crippen molar-refractivity contribution in [3.63, 3.8) is 0 Å². The first kappa shape index (κ1) is 26.7. The Morgan fingerprint density at radius 2 is 2.05 bits per heavy atom. The minimum Gasteiger partial charge on any atom is -0.480 e. The van der Waals surface area contributed by atoms with Crippen molar-refractivity contribution >= 4 is 40.7 Å². The molecule has 38 heavy (non-hydrogen) atoms. The Morgan fingerprint density at radius 3 is 2.68 bits per heavy atom. The second-order valence-electron chi connectivity index (χ2n) is 9.60. The zero-order valence-corrected chi connectivity index (χ0v) is 22.3. The maximum Gasteiger partial charge on any atom is 0.338 e. The third-order valence-corrected chi connectivity index (χ3v) is 8.40. The molecule has 202 valence electrons. The van der Waals surface area contributed by atoms with Gasteiger partial charge in [0.15, 0.2) is 10.8 Å². The van der Waals surface area contributed by atoms with E-state index in [-0.39, 0.29) is 29.8 Å². The second-order valence-corrected chi connectivity index (χ2v) is 10.9. The number of nitrogens with one attached hydrogen (secondary N) is 1. The van der Waals surface area contributed by atoms with Gasteiger partial charge in [-0.25, -0.2) is 19.0 Å². The number of aliphatic imine (C=N–C) groups is 1. The number of rotatable bonds is 8. The Balaban J connectivity index is 1.51. The Labute approximate surface area is 228 Å². The molecule has 0 unspecified atom stereocenters. The average Bonchev–Trinajstić information content (AvgIpc) is 3.42. The summed E-state index contributed by atoms with van der Waals surface area (Å²) in [4.78, 5) is 35.8. The van der Waals surface area contributed by atoms with Crippen LogP contribution in [0.3, 0.4) is 0 Å². The maximum atomic E-state index is 13.9. The molecule has 2 fully saturated rings. The topological polar surface area (TPSA) is 113 Å². The molecule has 3 aliphatic heterocycles. The number of aromatic nitrogens is 1. The van der Waals surface area contributed by atoms with Gasteiger partial charge in [-0.15, -0.1) is 11.3 Å². The largest absolute Gasteiger partial charge is 0.480 e. The number of esters is 1. The molecular formula is C26H28ClFN4O5S. The lowest BCUT2D eigenvalue weighted by Gasteiger charge is -2.49. The quantitative estimate of drug-likeness (QED) is 0.465. The second kappa shape index (κ2) is 11.5. The van der Waals surface area contributed by atoms with E-state index in [0.29, 0.717) is 47.1 Å². The van der Waals surface area contributed by atoms with Crippen LogP contribution >= 0.6 is 22.9 Å². The van der Waals surface area contributed by atoms with E-state index in [9.17, 15) is 14.0 Å². The Morgan fingerprint density at radius 1 is 1.29 bits per heavy atom. The number of piperidine rings is 2. The minimum atomic E-state index is -0.976. The number of benzene rings is 1. The first-order valence-corrected chi connectivity index (χ1v) is 13.7. The molecule has 9 nitrogen and oxygen atoms in total. The van der Waals surface area contributed by atoms with Gasteiger partial charge in [-0.05, 0) is 37.8 Å². The summed E-state index contributed by atoms with van der Waals surface area (Å²) in [6, 6.07) is 3.56. The van der Waals surface area contributed by atoms with E-state index >= 15 is 0 Å². The summed E-state index contributed by atoms with van der Waals surface area (Å²) in [7, 11) is 1.32. The van der Waals surface area contributed by atoms with E-state index in [1.165, 1.54) is 36.6 Å². The van der Waals surface area contributed by atoms with Crippen molar-refractivity contribution in [1.29, 1.82) is 0 Å². The van der Waals surface area contributed by atoms with Crippen molar-refractivity contribution < 1.29 is 28.6 Å². The minimum absolute atomic E-state index is 0.121. The summed E-state index contributed by atoms with van der Waals surface area (Å²) in [5.74, 6) is -1.51. The highest BCUT2D eigenvalue weighted by Gasteiger charge is 2.41. The Kier molecular flexibility index (Phi) is 8.08. The lowest BCUT2D eigenvalue weighted by molar-refractivity contribution is -0.147. The number of fused-ring (bicyclic) bond motifs is 2. The number of hydrogen-bond acceptors (Lipinski definition) is 9. The standard InChI is InChI=1S/C26H28ClFN4O5S/c1-36-26(35)22-20(12-32-15-3-2-4-16(32)11-17(10-15)37-13-21(33)34)30-24(25-29-7-8-38-25)31-23(22)18-6-5-14(28)9-19(18)27/h5-9,15-17,23H,2-4,10-13H2,1H3,(H,30,31)(H,33,34)/t15-,16-,23+/m1/s1. The number of methoxy groups -OCH3 is 1. The highest BCUT2D eigenvalue weighted by atomic mass is 35.5. The van der Waals surface area contributed by atoms with E-state index in [0.717, 1.165) is 19.3 Å². The summed E-state index contributed by atoms with van der Waals surface area (Å²) in [5, 5.41) is 15.0. The van der Waals surface area contributed by atoms with E-state index in [1.807, 2.05) is 5.38 Å². The van der Waals surface area contributed by atoms with Crippen LogP contribution in [0, 0.1) is 5.82 Å². The lowest BCUT2D eigenvalue weighted by atomic mass is 9.82. The van der Waals surface area contributed by atoms with Crippen LogP contribution in [0.15, 0.2) is 46.0 Å². The third-order valence-electron chi connectivity index (χ3n) is 7.29. The molecule has 3 atom stereocenters. The Hall–Kier alpha value is -2.86. The fourth-order valence-electron chi connectivity index (χ4n) is 5.66. The molecule has 5 rings (SSSR count). The molecule has 2 N–H and O–H groups in total. The van der Waals surface area contributed by atoms with Gasteiger partial charge in [0.05, 0.1) is 18.8 Å². The first-order chi connectivity index (χ1) is 18.3. The van der Waals surface area contributed by atoms with Crippen molar-refractivity contribution in [1.82, 2.24) is 15.2 Å². The highest BCUT2D eigenvalue weighted by Crippen LogP contribution is 2.39. The van der Waals surface area contributed by atoms with Crippen LogP contribution < -0.4 is 5.32 Å². The summed E-state index contributed by atoms with van der Waals surface area (Å²) < 4.78 is 24.7. The molecule has 1 aromatic carbocycles. The van der Waals surface area contributed by atoms with Gasteiger partial charge < -0.3 is 19.9 Å². The molecule has 3 aliphatic rings. The fraction of sp³-hybridized carbons (Fsp3) is 0.462. The molecule has 0 amide bonds. The fourth-order valence-corrected chi connectivity index (χ4v) is 6.52. The van der Waals surface area contributed by atoms with Crippen LogP contribution in [0.4, 0.5) is 4.39 Å². The SMILES string of the molecule is COC(=O)C1=C(CN2[C@@H]3CCC[C@@H]2CC(OCC(=O)O)C3)NC(c2nccs2)=N[C@H]1c1ccc(F)cc1Cl. The number of carbonyl (C=O) groups excluding carboxylic acids is 1. The van der Waals surface area contributed by atoms with Gasteiger partial charge in [-0.1, -0.05) is 24.1 Å². The zero-order chi connectivity index (χ0) is 26.8. The number of halogens is 2. The molecule has 2 saturated heterocycles. The molecule has 0 radical (unpaired) electrons. The predicted molar refractivity (Wildman–Crippen MR) is 140 cm³/mol. The number of amidine groups is 1. The van der Waals surface area contributed by atoms with Crippen LogP contribution in [0.25, 0.3) is 0 Å². The summed E-state index contributed by atoms with van der Waals surface area (Å²) in [6.07, 6.45) is 5.96. The third kappa shape index (κ3) is 5.61. The first-order valence-electron chi connectivity index (χ1n) is 12.4. The highest BCUT2D eigenvalue weighted by molar-refractivity contribution is 7.11. The summed E-state index contributed by atoms with van der Waals surface area (Å²) >= 11 is 7.86. The van der Waals surface area contributed by atoms with Gasteiger partial charge in [0.2, 0.25) is 0 Å². The number of carboxylic acids is 1. The van der Waals surface area contributed by atoms with Crippen molar-refractivity contribution in [2.75, 3.05) is 20.3 Å². The van der Waals surface area contributed by atoms with Crippen LogP contribution in [-0.2, 0) is 19.1 Å². The normalized spacial score (nSPS) is 25.5. The molecule has 12 heteroatoms. The molecule has 0 saturated carbocycles. The summed E-state index contributed by atoms with van der Waals surface area (Å²) in [5.41, 5.74) is 1.43. The van der Waals surface area contributed by atoms with Crippen LogP contribution in [0.5, 0.6) is 0 Å². The Bertz CT molecular complexity index is 1260. The predicted octanol–water partition coefficient (Wildman–Crippen LogP) is 3.94. The molecule has 0 aliphatic carbocycles. The summed E-state index contributed by atoms with van der Waals surface area (Å²) in [6.45, 7) is 0.113.